The lowest BCUT2D eigenvalue weighted by atomic mass is 10.1. The number of rotatable bonds is 5. The highest BCUT2D eigenvalue weighted by molar-refractivity contribution is 9.10. The third-order valence-corrected chi connectivity index (χ3v) is 4.64. The summed E-state index contributed by atoms with van der Waals surface area (Å²) in [6.45, 7) is 0. The average Bonchev–Trinajstić information content (AvgIpc) is 3.02. The Labute approximate surface area is 144 Å². The largest absolute Gasteiger partial charge is 0.293 e. The summed E-state index contributed by atoms with van der Waals surface area (Å²) in [5.74, 6) is -0.116. The van der Waals surface area contributed by atoms with Crippen molar-refractivity contribution >= 4 is 33.5 Å². The van der Waals surface area contributed by atoms with Crippen LogP contribution < -0.4 is 0 Å². The van der Waals surface area contributed by atoms with Crippen molar-refractivity contribution in [3.8, 4) is 11.4 Å². The van der Waals surface area contributed by atoms with Crippen molar-refractivity contribution in [1.82, 2.24) is 15.2 Å². The maximum atomic E-state index is 13.6. The van der Waals surface area contributed by atoms with Gasteiger partial charge in [-0.3, -0.25) is 9.89 Å². The van der Waals surface area contributed by atoms with Crippen LogP contribution in [0.5, 0.6) is 0 Å². The molecule has 0 atom stereocenters. The summed E-state index contributed by atoms with van der Waals surface area (Å²) in [6, 6.07) is 13.6. The van der Waals surface area contributed by atoms with Crippen LogP contribution >= 0.6 is 27.7 Å². The van der Waals surface area contributed by atoms with Gasteiger partial charge in [0.2, 0.25) is 5.16 Å². The lowest BCUT2D eigenvalue weighted by Crippen LogP contribution is -2.05. The van der Waals surface area contributed by atoms with Crippen LogP contribution in [0.4, 0.5) is 4.39 Å². The average molecular weight is 392 g/mol. The standard InChI is InChI=1S/C16H11BrFN3OS/c17-12-7-3-1-5-10(12)15-19-16(21-20-15)23-9-14(22)11-6-2-4-8-13(11)18/h1-8H,9H2,(H,19,20,21). The van der Waals surface area contributed by atoms with Gasteiger partial charge in [-0.25, -0.2) is 9.37 Å². The summed E-state index contributed by atoms with van der Waals surface area (Å²) >= 11 is 4.62. The Morgan fingerprint density at radius 1 is 1.17 bits per heavy atom. The van der Waals surface area contributed by atoms with E-state index < -0.39 is 5.82 Å². The van der Waals surface area contributed by atoms with Crippen LogP contribution in [0.3, 0.4) is 0 Å². The van der Waals surface area contributed by atoms with Gasteiger partial charge < -0.3 is 0 Å². The molecular weight excluding hydrogens is 381 g/mol. The molecule has 0 saturated carbocycles. The fraction of sp³-hybridized carbons (Fsp3) is 0.0625. The van der Waals surface area contributed by atoms with Crippen molar-refractivity contribution in [2.75, 3.05) is 5.75 Å². The molecule has 0 spiro atoms. The van der Waals surface area contributed by atoms with E-state index in [0.29, 0.717) is 11.0 Å². The molecule has 2 aromatic carbocycles. The van der Waals surface area contributed by atoms with Gasteiger partial charge in [-0.05, 0) is 18.2 Å². The first-order chi connectivity index (χ1) is 11.1. The number of carbonyl (C=O) groups is 1. The number of carbonyl (C=O) groups excluding carboxylic acids is 1. The molecule has 0 bridgehead atoms. The molecule has 0 amide bonds. The summed E-state index contributed by atoms with van der Waals surface area (Å²) < 4.78 is 14.5. The van der Waals surface area contributed by atoms with Crippen molar-refractivity contribution in [2.45, 2.75) is 5.16 Å². The van der Waals surface area contributed by atoms with E-state index in [0.717, 1.165) is 10.0 Å². The van der Waals surface area contributed by atoms with E-state index in [2.05, 4.69) is 31.1 Å². The highest BCUT2D eigenvalue weighted by Crippen LogP contribution is 2.26. The molecule has 0 aliphatic heterocycles. The smallest absolute Gasteiger partial charge is 0.209 e. The first-order valence-electron chi connectivity index (χ1n) is 6.73. The number of ketones is 1. The molecular formula is C16H11BrFN3OS. The summed E-state index contributed by atoms with van der Waals surface area (Å²) in [6.07, 6.45) is 0. The lowest BCUT2D eigenvalue weighted by molar-refractivity contribution is 0.101. The van der Waals surface area contributed by atoms with E-state index in [1.54, 1.807) is 12.1 Å². The van der Waals surface area contributed by atoms with Crippen LogP contribution in [-0.4, -0.2) is 26.7 Å². The van der Waals surface area contributed by atoms with Gasteiger partial charge in [-0.2, -0.15) is 0 Å². The molecule has 0 radical (unpaired) electrons. The Hall–Kier alpha value is -1.99. The molecule has 1 N–H and O–H groups in total. The maximum Gasteiger partial charge on any atom is 0.209 e. The topological polar surface area (TPSA) is 58.6 Å². The Kier molecular flexibility index (Phi) is 4.88. The zero-order valence-corrected chi connectivity index (χ0v) is 14.2. The van der Waals surface area contributed by atoms with Crippen LogP contribution in [0, 0.1) is 5.82 Å². The minimum absolute atomic E-state index is 0.0776. The summed E-state index contributed by atoms with van der Waals surface area (Å²) in [4.78, 5) is 16.4. The summed E-state index contributed by atoms with van der Waals surface area (Å²) in [7, 11) is 0. The van der Waals surface area contributed by atoms with Crippen LogP contribution in [-0.2, 0) is 0 Å². The number of benzene rings is 2. The van der Waals surface area contributed by atoms with Gasteiger partial charge in [0.05, 0.1) is 11.3 Å². The normalized spacial score (nSPS) is 10.7. The summed E-state index contributed by atoms with van der Waals surface area (Å²) in [5, 5.41) is 7.37. The lowest BCUT2D eigenvalue weighted by Gasteiger charge is -2.00. The predicted octanol–water partition coefficient (Wildman–Crippen LogP) is 4.35. The van der Waals surface area contributed by atoms with Gasteiger partial charge in [0.15, 0.2) is 11.6 Å². The van der Waals surface area contributed by atoms with E-state index in [4.69, 9.17) is 0 Å². The van der Waals surface area contributed by atoms with Gasteiger partial charge >= 0.3 is 0 Å². The first kappa shape index (κ1) is 15.9. The molecule has 7 heteroatoms. The number of nitrogens with zero attached hydrogens (tertiary/aromatic N) is 2. The van der Waals surface area contributed by atoms with Gasteiger partial charge in [-0.1, -0.05) is 58.0 Å². The molecule has 1 aromatic heterocycles. The number of aromatic amines is 1. The molecule has 0 saturated heterocycles. The number of hydrogen-bond acceptors (Lipinski definition) is 4. The van der Waals surface area contributed by atoms with Crippen molar-refractivity contribution in [1.29, 1.82) is 0 Å². The van der Waals surface area contributed by atoms with Crippen molar-refractivity contribution < 1.29 is 9.18 Å². The fourth-order valence-corrected chi connectivity index (χ4v) is 3.13. The molecule has 3 rings (SSSR count). The van der Waals surface area contributed by atoms with E-state index in [-0.39, 0.29) is 17.1 Å². The molecule has 0 fully saturated rings. The van der Waals surface area contributed by atoms with Gasteiger partial charge in [0, 0.05) is 10.0 Å². The minimum Gasteiger partial charge on any atom is -0.293 e. The van der Waals surface area contributed by atoms with Crippen molar-refractivity contribution in [3.05, 3.63) is 64.4 Å². The molecule has 0 aliphatic rings. The number of Topliss-reactive ketones (excluding diaryl/α,β-unsaturated/α-hetero) is 1. The third kappa shape index (κ3) is 3.68. The second-order valence-electron chi connectivity index (χ2n) is 4.64. The van der Waals surface area contributed by atoms with Crippen molar-refractivity contribution in [2.24, 2.45) is 0 Å². The van der Waals surface area contributed by atoms with Crippen LogP contribution in [0.15, 0.2) is 58.2 Å². The number of halogens is 2. The molecule has 0 unspecified atom stereocenters. The molecule has 0 aliphatic carbocycles. The van der Waals surface area contributed by atoms with Crippen LogP contribution in [0.25, 0.3) is 11.4 Å². The molecule has 23 heavy (non-hydrogen) atoms. The fourth-order valence-electron chi connectivity index (χ4n) is 1.98. The molecule has 3 aromatic rings. The van der Waals surface area contributed by atoms with E-state index in [1.807, 2.05) is 24.3 Å². The van der Waals surface area contributed by atoms with Gasteiger partial charge in [0.25, 0.3) is 0 Å². The zero-order valence-electron chi connectivity index (χ0n) is 11.8. The Balaban J connectivity index is 1.70. The second-order valence-corrected chi connectivity index (χ2v) is 6.43. The zero-order chi connectivity index (χ0) is 16.2. The number of H-pyrrole nitrogens is 1. The van der Waals surface area contributed by atoms with Gasteiger partial charge in [0.1, 0.15) is 5.82 Å². The number of nitrogens with one attached hydrogen (secondary N) is 1. The van der Waals surface area contributed by atoms with E-state index >= 15 is 0 Å². The van der Waals surface area contributed by atoms with Crippen LogP contribution in [0.2, 0.25) is 0 Å². The number of aromatic nitrogens is 3. The third-order valence-electron chi connectivity index (χ3n) is 3.10. The predicted molar refractivity (Wildman–Crippen MR) is 91.0 cm³/mol. The van der Waals surface area contributed by atoms with E-state index in [9.17, 15) is 9.18 Å². The highest BCUT2D eigenvalue weighted by atomic mass is 79.9. The second kappa shape index (κ2) is 7.06. The van der Waals surface area contributed by atoms with E-state index in [1.165, 1.54) is 23.9 Å². The first-order valence-corrected chi connectivity index (χ1v) is 8.51. The number of thioether (sulfide) groups is 1. The van der Waals surface area contributed by atoms with Crippen molar-refractivity contribution in [3.63, 3.8) is 0 Å². The van der Waals surface area contributed by atoms with Crippen LogP contribution in [0.1, 0.15) is 10.4 Å². The minimum atomic E-state index is -0.512. The summed E-state index contributed by atoms with van der Waals surface area (Å²) in [5.41, 5.74) is 0.967. The Bertz CT molecular complexity index is 853. The van der Waals surface area contributed by atoms with Gasteiger partial charge in [-0.15, -0.1) is 5.10 Å². The highest BCUT2D eigenvalue weighted by Gasteiger charge is 2.14. The monoisotopic (exact) mass is 391 g/mol. The Morgan fingerprint density at radius 3 is 2.70 bits per heavy atom. The Morgan fingerprint density at radius 2 is 1.91 bits per heavy atom. The molecule has 4 nitrogen and oxygen atoms in total. The molecule has 1 heterocycles. The maximum absolute atomic E-state index is 13.6. The number of hydrogen-bond donors (Lipinski definition) is 1. The quantitative estimate of drug-likeness (QED) is 0.518. The SMILES string of the molecule is O=C(CSc1n[nH]c(-c2ccccc2Br)n1)c1ccccc1F. The molecule has 116 valence electrons.